The average molecular weight is 328 g/mol. The van der Waals surface area contributed by atoms with Crippen LogP contribution in [0.25, 0.3) is 11.0 Å². The van der Waals surface area contributed by atoms with Gasteiger partial charge in [-0.1, -0.05) is 17.7 Å². The zero-order valence-corrected chi connectivity index (χ0v) is 14.5. The Morgan fingerprint density at radius 3 is 2.71 bits per heavy atom. The Balaban J connectivity index is 2.07. The van der Waals surface area contributed by atoms with Crippen molar-refractivity contribution >= 4 is 34.2 Å². The van der Waals surface area contributed by atoms with Crippen LogP contribution < -0.4 is 0 Å². The highest BCUT2D eigenvalue weighted by Gasteiger charge is 2.12. The minimum Gasteiger partial charge on any atom is -0.326 e. The van der Waals surface area contributed by atoms with Crippen LogP contribution in [0.3, 0.4) is 0 Å². The maximum absolute atomic E-state index is 6.33. The molecule has 3 nitrogen and oxygen atoms in total. The van der Waals surface area contributed by atoms with Crippen molar-refractivity contribution in [2.75, 3.05) is 13.6 Å². The van der Waals surface area contributed by atoms with Gasteiger partial charge >= 0.3 is 0 Å². The number of para-hydroxylation sites is 1. The summed E-state index contributed by atoms with van der Waals surface area (Å²) >= 11 is 12.4. The molecule has 0 N–H and O–H groups in total. The van der Waals surface area contributed by atoms with Crippen molar-refractivity contribution in [3.8, 4) is 0 Å². The van der Waals surface area contributed by atoms with Crippen LogP contribution in [0.1, 0.15) is 32.5 Å². The SMILES string of the molecule is CC(C)N(C)CCCCn1c(CCl)nc2cccc(Cl)c21. The lowest BCUT2D eigenvalue weighted by atomic mass is 10.2. The maximum Gasteiger partial charge on any atom is 0.124 e. The summed E-state index contributed by atoms with van der Waals surface area (Å²) in [6.07, 6.45) is 2.25. The van der Waals surface area contributed by atoms with E-state index in [0.29, 0.717) is 11.9 Å². The fourth-order valence-electron chi connectivity index (χ4n) is 2.42. The van der Waals surface area contributed by atoms with Gasteiger partial charge in [0.15, 0.2) is 0 Å². The normalized spacial score (nSPS) is 12.0. The highest BCUT2D eigenvalue weighted by atomic mass is 35.5. The molecule has 2 aromatic rings. The first-order valence-corrected chi connectivity index (χ1v) is 8.35. The lowest BCUT2D eigenvalue weighted by Crippen LogP contribution is -2.27. The molecule has 0 aliphatic carbocycles. The van der Waals surface area contributed by atoms with E-state index in [9.17, 15) is 0 Å². The number of aromatic nitrogens is 2. The topological polar surface area (TPSA) is 21.1 Å². The molecule has 2 rings (SSSR count). The number of hydrogen-bond donors (Lipinski definition) is 0. The van der Waals surface area contributed by atoms with Gasteiger partial charge in [0.25, 0.3) is 0 Å². The van der Waals surface area contributed by atoms with Crippen molar-refractivity contribution < 1.29 is 0 Å². The van der Waals surface area contributed by atoms with E-state index < -0.39 is 0 Å². The monoisotopic (exact) mass is 327 g/mol. The predicted molar refractivity (Wildman–Crippen MR) is 91.3 cm³/mol. The zero-order valence-electron chi connectivity index (χ0n) is 12.9. The molecule has 116 valence electrons. The van der Waals surface area contributed by atoms with E-state index in [1.165, 1.54) is 0 Å². The summed E-state index contributed by atoms with van der Waals surface area (Å²) in [6, 6.07) is 6.41. The molecule has 0 amide bonds. The smallest absolute Gasteiger partial charge is 0.124 e. The number of imidazole rings is 1. The van der Waals surface area contributed by atoms with Gasteiger partial charge in [-0.25, -0.2) is 4.98 Å². The number of rotatable bonds is 7. The van der Waals surface area contributed by atoms with Gasteiger partial charge in [0.05, 0.1) is 21.9 Å². The van der Waals surface area contributed by atoms with E-state index in [4.69, 9.17) is 23.2 Å². The van der Waals surface area contributed by atoms with Crippen LogP contribution in [0.4, 0.5) is 0 Å². The molecule has 0 aliphatic rings. The van der Waals surface area contributed by atoms with Gasteiger partial charge < -0.3 is 9.47 Å². The van der Waals surface area contributed by atoms with Crippen LogP contribution >= 0.6 is 23.2 Å². The van der Waals surface area contributed by atoms with Crippen LogP contribution in [-0.4, -0.2) is 34.1 Å². The Morgan fingerprint density at radius 2 is 2.05 bits per heavy atom. The number of aryl methyl sites for hydroxylation is 1. The minimum absolute atomic E-state index is 0.414. The van der Waals surface area contributed by atoms with Crippen LogP contribution in [-0.2, 0) is 12.4 Å². The molecule has 1 aromatic carbocycles. The summed E-state index contributed by atoms with van der Waals surface area (Å²) < 4.78 is 2.17. The van der Waals surface area contributed by atoms with E-state index in [2.05, 4.69) is 35.3 Å². The van der Waals surface area contributed by atoms with Crippen LogP contribution in [0, 0.1) is 0 Å². The third-order valence-corrected chi connectivity index (χ3v) is 4.48. The van der Waals surface area contributed by atoms with E-state index in [1.807, 2.05) is 18.2 Å². The number of nitrogens with zero attached hydrogens (tertiary/aromatic N) is 3. The first kappa shape index (κ1) is 16.6. The molecule has 0 saturated heterocycles. The summed E-state index contributed by atoms with van der Waals surface area (Å²) in [7, 11) is 2.17. The summed E-state index contributed by atoms with van der Waals surface area (Å²) in [5.74, 6) is 1.31. The quantitative estimate of drug-likeness (QED) is 0.549. The highest BCUT2D eigenvalue weighted by Crippen LogP contribution is 2.25. The Kier molecular flexibility index (Phi) is 5.91. The second-order valence-corrected chi connectivity index (χ2v) is 6.38. The first-order valence-electron chi connectivity index (χ1n) is 7.44. The Morgan fingerprint density at radius 1 is 1.29 bits per heavy atom. The lowest BCUT2D eigenvalue weighted by molar-refractivity contribution is 0.266. The molecule has 0 unspecified atom stereocenters. The van der Waals surface area contributed by atoms with Crippen molar-refractivity contribution in [2.24, 2.45) is 0 Å². The minimum atomic E-state index is 0.414. The molecule has 0 aliphatic heterocycles. The molecule has 1 aromatic heterocycles. The largest absolute Gasteiger partial charge is 0.326 e. The fourth-order valence-corrected chi connectivity index (χ4v) is 2.90. The van der Waals surface area contributed by atoms with Gasteiger partial charge in [-0.2, -0.15) is 0 Å². The summed E-state index contributed by atoms with van der Waals surface area (Å²) in [5, 5.41) is 0.746. The number of halogens is 2. The Bertz CT molecular complexity index is 592. The molecular weight excluding hydrogens is 305 g/mol. The number of alkyl halides is 1. The Hall–Kier alpha value is -0.770. The average Bonchev–Trinajstić information content (AvgIpc) is 2.82. The van der Waals surface area contributed by atoms with Crippen molar-refractivity contribution in [2.45, 2.75) is 45.2 Å². The fraction of sp³-hybridized carbons (Fsp3) is 0.562. The molecule has 0 bridgehead atoms. The van der Waals surface area contributed by atoms with Gasteiger partial charge in [-0.05, 0) is 52.4 Å². The predicted octanol–water partition coefficient (Wildman–Crippen LogP) is 4.55. The van der Waals surface area contributed by atoms with Crippen molar-refractivity contribution in [3.05, 3.63) is 29.0 Å². The second-order valence-electron chi connectivity index (χ2n) is 5.70. The molecule has 1 heterocycles. The maximum atomic E-state index is 6.33. The molecule has 0 spiro atoms. The van der Waals surface area contributed by atoms with E-state index in [1.54, 1.807) is 0 Å². The summed E-state index contributed by atoms with van der Waals surface area (Å²) in [6.45, 7) is 6.45. The lowest BCUT2D eigenvalue weighted by Gasteiger charge is -2.20. The standard InChI is InChI=1S/C16H23Cl2N3/c1-12(2)20(3)9-4-5-10-21-15(11-17)19-14-8-6-7-13(18)16(14)21/h6-8,12H,4-5,9-11H2,1-3H3. The summed E-state index contributed by atoms with van der Waals surface area (Å²) in [5.41, 5.74) is 1.93. The molecule has 0 radical (unpaired) electrons. The molecule has 0 atom stereocenters. The van der Waals surface area contributed by atoms with E-state index in [0.717, 1.165) is 47.8 Å². The summed E-state index contributed by atoms with van der Waals surface area (Å²) in [4.78, 5) is 6.93. The van der Waals surface area contributed by atoms with Gasteiger partial charge in [-0.15, -0.1) is 11.6 Å². The number of fused-ring (bicyclic) bond motifs is 1. The van der Waals surface area contributed by atoms with Crippen LogP contribution in [0.2, 0.25) is 5.02 Å². The van der Waals surface area contributed by atoms with Crippen molar-refractivity contribution in [3.63, 3.8) is 0 Å². The van der Waals surface area contributed by atoms with Crippen molar-refractivity contribution in [1.82, 2.24) is 14.5 Å². The third-order valence-electron chi connectivity index (χ3n) is 3.94. The van der Waals surface area contributed by atoms with Crippen LogP contribution in [0.5, 0.6) is 0 Å². The van der Waals surface area contributed by atoms with Crippen molar-refractivity contribution in [1.29, 1.82) is 0 Å². The van der Waals surface area contributed by atoms with E-state index >= 15 is 0 Å². The van der Waals surface area contributed by atoms with Gasteiger partial charge in [-0.3, -0.25) is 0 Å². The molecular formula is C16H23Cl2N3. The third kappa shape index (κ3) is 3.91. The number of unbranched alkanes of at least 4 members (excludes halogenated alkanes) is 1. The zero-order chi connectivity index (χ0) is 15.4. The number of benzene rings is 1. The van der Waals surface area contributed by atoms with Gasteiger partial charge in [0, 0.05) is 12.6 Å². The van der Waals surface area contributed by atoms with Crippen LogP contribution in [0.15, 0.2) is 18.2 Å². The van der Waals surface area contributed by atoms with Gasteiger partial charge in [0.1, 0.15) is 5.82 Å². The highest BCUT2D eigenvalue weighted by molar-refractivity contribution is 6.35. The molecule has 5 heteroatoms. The molecule has 0 fully saturated rings. The molecule has 21 heavy (non-hydrogen) atoms. The van der Waals surface area contributed by atoms with E-state index in [-0.39, 0.29) is 0 Å². The Labute approximate surface area is 136 Å². The van der Waals surface area contributed by atoms with Gasteiger partial charge in [0.2, 0.25) is 0 Å². The first-order chi connectivity index (χ1) is 10.0. The number of hydrogen-bond acceptors (Lipinski definition) is 2. The second kappa shape index (κ2) is 7.48. The molecule has 0 saturated carbocycles.